The molecule has 0 amide bonds. The van der Waals surface area contributed by atoms with Gasteiger partial charge in [0.15, 0.2) is 0 Å². The van der Waals surface area contributed by atoms with Gasteiger partial charge in [0.2, 0.25) is 0 Å². The molecule has 0 aliphatic rings. The molecule has 20 heavy (non-hydrogen) atoms. The summed E-state index contributed by atoms with van der Waals surface area (Å²) in [4.78, 5) is 0. The molecular formula is C12H17NO5S2. The van der Waals surface area contributed by atoms with E-state index in [0.29, 0.717) is 23.6 Å². The lowest BCUT2D eigenvalue weighted by Crippen LogP contribution is -2.05. The molecule has 0 aliphatic heterocycles. The van der Waals surface area contributed by atoms with Crippen LogP contribution in [0, 0.1) is 0 Å². The van der Waals surface area contributed by atoms with Crippen molar-refractivity contribution < 1.29 is 22.4 Å². The molecule has 1 aromatic rings. The van der Waals surface area contributed by atoms with Crippen molar-refractivity contribution in [3.05, 3.63) is 35.9 Å². The van der Waals surface area contributed by atoms with Gasteiger partial charge in [-0.05, 0) is 24.2 Å². The standard InChI is InChI=1S/C12H17NO5S2/c14-8-4-5-9-19-12(13-18-20(15,16)17)10-11-6-2-1-3-7-11/h1-3,6-7,14H,4-5,8-10H2,(H,15,16,17)/b13-12-. The number of nitrogens with zero attached hydrogens (tertiary/aromatic N) is 1. The van der Waals surface area contributed by atoms with E-state index in [9.17, 15) is 8.42 Å². The van der Waals surface area contributed by atoms with E-state index < -0.39 is 10.4 Å². The van der Waals surface area contributed by atoms with Gasteiger partial charge in [0.25, 0.3) is 0 Å². The average Bonchev–Trinajstić information content (AvgIpc) is 2.41. The van der Waals surface area contributed by atoms with Crippen LogP contribution in [-0.4, -0.2) is 35.5 Å². The molecule has 0 unspecified atom stereocenters. The lowest BCUT2D eigenvalue weighted by Gasteiger charge is -2.05. The number of thioether (sulfide) groups is 1. The lowest BCUT2D eigenvalue weighted by atomic mass is 10.2. The molecule has 0 fully saturated rings. The van der Waals surface area contributed by atoms with E-state index in [2.05, 4.69) is 9.44 Å². The Bertz CT molecular complexity index is 516. The van der Waals surface area contributed by atoms with Crippen molar-refractivity contribution in [2.24, 2.45) is 5.16 Å². The van der Waals surface area contributed by atoms with E-state index in [1.165, 1.54) is 11.8 Å². The lowest BCUT2D eigenvalue weighted by molar-refractivity contribution is 0.283. The highest BCUT2D eigenvalue weighted by molar-refractivity contribution is 8.13. The zero-order valence-electron chi connectivity index (χ0n) is 10.8. The van der Waals surface area contributed by atoms with Gasteiger partial charge in [0, 0.05) is 13.0 Å². The van der Waals surface area contributed by atoms with Crippen LogP contribution in [0.2, 0.25) is 0 Å². The number of hydrogen-bond acceptors (Lipinski definition) is 6. The summed E-state index contributed by atoms with van der Waals surface area (Å²) >= 11 is 1.34. The summed E-state index contributed by atoms with van der Waals surface area (Å²) < 4.78 is 33.7. The van der Waals surface area contributed by atoms with Crippen LogP contribution >= 0.6 is 11.8 Å². The summed E-state index contributed by atoms with van der Waals surface area (Å²) in [6, 6.07) is 9.39. The Morgan fingerprint density at radius 3 is 2.55 bits per heavy atom. The maximum atomic E-state index is 10.5. The predicted molar refractivity (Wildman–Crippen MR) is 79.0 cm³/mol. The van der Waals surface area contributed by atoms with E-state index in [4.69, 9.17) is 9.66 Å². The zero-order chi connectivity index (χ0) is 14.8. The summed E-state index contributed by atoms with van der Waals surface area (Å²) in [5.41, 5.74) is 0.958. The first kappa shape index (κ1) is 17.0. The summed E-state index contributed by atoms with van der Waals surface area (Å²) in [6.45, 7) is 0.118. The number of unbranched alkanes of at least 4 members (excludes halogenated alkanes) is 1. The highest BCUT2D eigenvalue weighted by Crippen LogP contribution is 2.14. The highest BCUT2D eigenvalue weighted by atomic mass is 32.3. The Balaban J connectivity index is 2.63. The number of benzene rings is 1. The van der Waals surface area contributed by atoms with E-state index in [-0.39, 0.29) is 6.61 Å². The maximum absolute atomic E-state index is 10.5. The predicted octanol–water partition coefficient (Wildman–Crippen LogP) is 1.87. The fourth-order valence-corrected chi connectivity index (χ4v) is 2.55. The quantitative estimate of drug-likeness (QED) is 0.250. The molecular weight excluding hydrogens is 302 g/mol. The van der Waals surface area contributed by atoms with E-state index >= 15 is 0 Å². The molecule has 0 aliphatic carbocycles. The first-order chi connectivity index (χ1) is 9.51. The number of hydrogen-bond donors (Lipinski definition) is 2. The molecule has 0 aromatic heterocycles. The third-order valence-corrected chi connectivity index (χ3v) is 3.56. The molecule has 0 radical (unpaired) electrons. The SMILES string of the molecule is O=S(=O)(O)O/N=C(/Cc1ccccc1)SCCCCO. The molecule has 0 atom stereocenters. The van der Waals surface area contributed by atoms with Gasteiger partial charge in [-0.15, -0.1) is 11.8 Å². The Hall–Kier alpha value is -1.09. The van der Waals surface area contributed by atoms with Gasteiger partial charge in [-0.3, -0.25) is 4.55 Å². The molecule has 0 heterocycles. The van der Waals surface area contributed by atoms with E-state index in [1.807, 2.05) is 30.3 Å². The highest BCUT2D eigenvalue weighted by Gasteiger charge is 2.08. The minimum Gasteiger partial charge on any atom is -0.396 e. The smallest absolute Gasteiger partial charge is 0.396 e. The van der Waals surface area contributed by atoms with Crippen molar-refractivity contribution in [1.82, 2.24) is 0 Å². The monoisotopic (exact) mass is 319 g/mol. The Labute approximate surface area is 122 Å². The molecule has 8 heteroatoms. The van der Waals surface area contributed by atoms with Crippen molar-refractivity contribution in [3.8, 4) is 0 Å². The normalized spacial score (nSPS) is 12.4. The van der Waals surface area contributed by atoms with Crippen LogP contribution < -0.4 is 0 Å². The summed E-state index contributed by atoms with van der Waals surface area (Å²) in [5, 5.41) is 12.6. The molecule has 1 aromatic carbocycles. The van der Waals surface area contributed by atoms with Crippen LogP contribution in [0.15, 0.2) is 35.5 Å². The first-order valence-electron chi connectivity index (χ1n) is 6.02. The number of aliphatic hydroxyl groups is 1. The van der Waals surface area contributed by atoms with Crippen molar-refractivity contribution in [2.75, 3.05) is 12.4 Å². The second-order valence-electron chi connectivity index (χ2n) is 3.93. The fourth-order valence-electron chi connectivity index (χ4n) is 1.37. The molecule has 0 saturated carbocycles. The van der Waals surface area contributed by atoms with Crippen molar-refractivity contribution in [3.63, 3.8) is 0 Å². The molecule has 2 N–H and O–H groups in total. The second kappa shape index (κ2) is 8.96. The Morgan fingerprint density at radius 1 is 1.25 bits per heavy atom. The fraction of sp³-hybridized carbons (Fsp3) is 0.417. The van der Waals surface area contributed by atoms with Gasteiger partial charge in [0.1, 0.15) is 5.04 Å². The molecule has 112 valence electrons. The minimum atomic E-state index is -4.59. The molecule has 1 rings (SSSR count). The summed E-state index contributed by atoms with van der Waals surface area (Å²) in [7, 11) is -4.59. The Kier molecular flexibility index (Phi) is 7.60. The van der Waals surface area contributed by atoms with Gasteiger partial charge in [-0.1, -0.05) is 35.5 Å². The van der Waals surface area contributed by atoms with Crippen LogP contribution in [0.5, 0.6) is 0 Å². The topological polar surface area (TPSA) is 96.2 Å². The Morgan fingerprint density at radius 2 is 1.95 bits per heavy atom. The third kappa shape index (κ3) is 8.16. The van der Waals surface area contributed by atoms with Crippen LogP contribution in [0.4, 0.5) is 0 Å². The van der Waals surface area contributed by atoms with E-state index in [0.717, 1.165) is 12.0 Å². The largest absolute Gasteiger partial charge is 0.466 e. The molecule has 0 spiro atoms. The second-order valence-corrected chi connectivity index (χ2v) is 6.10. The van der Waals surface area contributed by atoms with Crippen LogP contribution in [-0.2, 0) is 21.1 Å². The van der Waals surface area contributed by atoms with Crippen molar-refractivity contribution >= 4 is 27.2 Å². The van der Waals surface area contributed by atoms with Gasteiger partial charge in [-0.2, -0.15) is 8.42 Å². The first-order valence-corrected chi connectivity index (χ1v) is 8.37. The zero-order valence-corrected chi connectivity index (χ0v) is 12.4. The number of rotatable bonds is 8. The average molecular weight is 319 g/mol. The van der Waals surface area contributed by atoms with Crippen molar-refractivity contribution in [2.45, 2.75) is 19.3 Å². The summed E-state index contributed by atoms with van der Waals surface area (Å²) in [6.07, 6.45) is 1.87. The van der Waals surface area contributed by atoms with Crippen molar-refractivity contribution in [1.29, 1.82) is 0 Å². The molecule has 0 bridgehead atoms. The van der Waals surface area contributed by atoms with Crippen LogP contribution in [0.25, 0.3) is 0 Å². The minimum absolute atomic E-state index is 0.118. The van der Waals surface area contributed by atoms with E-state index in [1.54, 1.807) is 0 Å². The number of aliphatic hydroxyl groups excluding tert-OH is 1. The molecule has 6 nitrogen and oxygen atoms in total. The van der Waals surface area contributed by atoms with Crippen LogP contribution in [0.1, 0.15) is 18.4 Å². The van der Waals surface area contributed by atoms with Gasteiger partial charge in [0.05, 0.1) is 0 Å². The molecule has 0 saturated heterocycles. The van der Waals surface area contributed by atoms with Crippen LogP contribution in [0.3, 0.4) is 0 Å². The maximum Gasteiger partial charge on any atom is 0.466 e. The third-order valence-electron chi connectivity index (χ3n) is 2.25. The van der Waals surface area contributed by atoms with Gasteiger partial charge in [-0.25, -0.2) is 4.28 Å². The van der Waals surface area contributed by atoms with Gasteiger partial charge >= 0.3 is 10.4 Å². The van der Waals surface area contributed by atoms with Gasteiger partial charge < -0.3 is 5.11 Å². The number of oxime groups is 1. The summed E-state index contributed by atoms with van der Waals surface area (Å²) in [5.74, 6) is 0.682.